The molecule has 0 radical (unpaired) electrons. The van der Waals surface area contributed by atoms with Gasteiger partial charge in [0.2, 0.25) is 0 Å². The monoisotopic (exact) mass is 159 g/mol. The van der Waals surface area contributed by atoms with Crippen molar-refractivity contribution < 1.29 is 5.11 Å². The van der Waals surface area contributed by atoms with Gasteiger partial charge in [0.15, 0.2) is 0 Å². The maximum atomic E-state index is 9.46. The maximum Gasteiger partial charge on any atom is 0.125 e. The van der Waals surface area contributed by atoms with Crippen molar-refractivity contribution in [1.82, 2.24) is 0 Å². The van der Waals surface area contributed by atoms with Crippen LogP contribution in [-0.4, -0.2) is 5.11 Å². The molecule has 0 unspecified atom stereocenters. The third-order valence-corrected chi connectivity index (χ3v) is 1.61. The molecule has 0 saturated heterocycles. The number of hydrogen-bond acceptors (Lipinski definition) is 2. The molecule has 1 N–H and O–H groups in total. The van der Waals surface area contributed by atoms with E-state index < -0.39 is 0 Å². The van der Waals surface area contributed by atoms with Crippen LogP contribution in [0.1, 0.15) is 11.1 Å². The van der Waals surface area contributed by atoms with E-state index in [2.05, 4.69) is 0 Å². The molecule has 12 heavy (non-hydrogen) atoms. The highest BCUT2D eigenvalue weighted by molar-refractivity contribution is 5.60. The van der Waals surface area contributed by atoms with Crippen molar-refractivity contribution in [3.63, 3.8) is 0 Å². The first-order valence-electron chi connectivity index (χ1n) is 3.60. The minimum Gasteiger partial charge on any atom is -0.507 e. The Kier molecular flexibility index (Phi) is 2.49. The van der Waals surface area contributed by atoms with Crippen LogP contribution in [-0.2, 0) is 0 Å². The van der Waals surface area contributed by atoms with Crippen LogP contribution in [0, 0.1) is 18.3 Å². The first-order chi connectivity index (χ1) is 5.75. The zero-order valence-corrected chi connectivity index (χ0v) is 6.78. The number of para-hydroxylation sites is 1. The summed E-state index contributed by atoms with van der Waals surface area (Å²) in [6, 6.07) is 7.29. The lowest BCUT2D eigenvalue weighted by Gasteiger charge is -2.00. The zero-order valence-electron chi connectivity index (χ0n) is 6.78. The Balaban J connectivity index is 3.10. The molecule has 2 heteroatoms. The van der Waals surface area contributed by atoms with Gasteiger partial charge in [-0.1, -0.05) is 18.2 Å². The van der Waals surface area contributed by atoms with Crippen molar-refractivity contribution >= 4 is 6.08 Å². The molecule has 0 aromatic heterocycles. The summed E-state index contributed by atoms with van der Waals surface area (Å²) in [6.07, 6.45) is 2.93. The van der Waals surface area contributed by atoms with Gasteiger partial charge in [0, 0.05) is 11.6 Å². The summed E-state index contributed by atoms with van der Waals surface area (Å²) in [5.74, 6) is 0.240. The van der Waals surface area contributed by atoms with Gasteiger partial charge in [-0.15, -0.1) is 0 Å². The Morgan fingerprint density at radius 2 is 2.25 bits per heavy atom. The van der Waals surface area contributed by atoms with Crippen LogP contribution in [0.25, 0.3) is 6.08 Å². The summed E-state index contributed by atoms with van der Waals surface area (Å²) in [7, 11) is 0. The molecule has 0 atom stereocenters. The average Bonchev–Trinajstić information content (AvgIpc) is 2.08. The molecule has 60 valence electrons. The van der Waals surface area contributed by atoms with Gasteiger partial charge < -0.3 is 5.11 Å². The minimum atomic E-state index is 0.240. The third-order valence-electron chi connectivity index (χ3n) is 1.61. The number of phenols is 1. The Morgan fingerprint density at radius 1 is 1.50 bits per heavy atom. The highest BCUT2D eigenvalue weighted by Crippen LogP contribution is 2.22. The van der Waals surface area contributed by atoms with E-state index in [1.807, 2.05) is 25.1 Å². The van der Waals surface area contributed by atoms with Crippen molar-refractivity contribution in [2.24, 2.45) is 0 Å². The predicted octanol–water partition coefficient (Wildman–Crippen LogP) is 2.24. The fraction of sp³-hybridized carbons (Fsp3) is 0.100. The van der Waals surface area contributed by atoms with Crippen LogP contribution < -0.4 is 0 Å². The number of rotatable bonds is 1. The summed E-state index contributed by atoms with van der Waals surface area (Å²) < 4.78 is 0. The molecule has 0 aliphatic carbocycles. The molecule has 1 aromatic rings. The van der Waals surface area contributed by atoms with Gasteiger partial charge in [0.25, 0.3) is 0 Å². The highest BCUT2D eigenvalue weighted by atomic mass is 16.3. The van der Waals surface area contributed by atoms with Gasteiger partial charge in [0.1, 0.15) is 5.75 Å². The lowest BCUT2D eigenvalue weighted by atomic mass is 10.1. The summed E-state index contributed by atoms with van der Waals surface area (Å²) in [5.41, 5.74) is 1.49. The van der Waals surface area contributed by atoms with Gasteiger partial charge in [-0.3, -0.25) is 0 Å². The van der Waals surface area contributed by atoms with Crippen LogP contribution in [0.15, 0.2) is 24.3 Å². The molecule has 2 nitrogen and oxygen atoms in total. The molecule has 0 amide bonds. The van der Waals surface area contributed by atoms with E-state index in [1.54, 1.807) is 12.1 Å². The second-order valence-electron chi connectivity index (χ2n) is 2.48. The lowest BCUT2D eigenvalue weighted by Crippen LogP contribution is -1.78. The summed E-state index contributed by atoms with van der Waals surface area (Å²) in [4.78, 5) is 0. The summed E-state index contributed by atoms with van der Waals surface area (Å²) in [5, 5.41) is 17.7. The van der Waals surface area contributed by atoms with Crippen molar-refractivity contribution in [3.05, 3.63) is 35.4 Å². The number of hydrogen-bond donors (Lipinski definition) is 1. The number of phenolic OH excluding ortho intramolecular Hbond substituents is 1. The second kappa shape index (κ2) is 3.59. The molecular formula is C10H9NO. The first kappa shape index (κ1) is 8.35. The Labute approximate surface area is 71.4 Å². The summed E-state index contributed by atoms with van der Waals surface area (Å²) >= 11 is 0. The zero-order chi connectivity index (χ0) is 8.97. The van der Waals surface area contributed by atoms with Gasteiger partial charge in [-0.25, -0.2) is 0 Å². The number of aromatic hydroxyl groups is 1. The molecule has 0 spiro atoms. The predicted molar refractivity (Wildman–Crippen MR) is 47.5 cm³/mol. The number of nitriles is 1. The van der Waals surface area contributed by atoms with Crippen molar-refractivity contribution in [1.29, 1.82) is 5.26 Å². The van der Waals surface area contributed by atoms with Crippen LogP contribution in [0.4, 0.5) is 0 Å². The molecule has 0 saturated carbocycles. The molecule has 0 aliphatic heterocycles. The molecule has 0 aliphatic rings. The third kappa shape index (κ3) is 1.64. The number of benzene rings is 1. The molecule has 1 aromatic carbocycles. The topological polar surface area (TPSA) is 44.0 Å². The molecule has 0 heterocycles. The SMILES string of the molecule is Cc1cccc(C=CC#N)c1O. The van der Waals surface area contributed by atoms with Gasteiger partial charge in [-0.2, -0.15) is 5.26 Å². The summed E-state index contributed by atoms with van der Waals surface area (Å²) in [6.45, 7) is 1.82. The second-order valence-corrected chi connectivity index (χ2v) is 2.48. The van der Waals surface area contributed by atoms with Crippen LogP contribution in [0.3, 0.4) is 0 Å². The fourth-order valence-corrected chi connectivity index (χ4v) is 0.943. The normalized spacial score (nSPS) is 10.0. The Hall–Kier alpha value is -1.75. The fourth-order valence-electron chi connectivity index (χ4n) is 0.943. The van der Waals surface area contributed by atoms with E-state index in [4.69, 9.17) is 5.26 Å². The molecule has 0 fully saturated rings. The quantitative estimate of drug-likeness (QED) is 0.638. The van der Waals surface area contributed by atoms with E-state index in [0.29, 0.717) is 5.56 Å². The molecule has 1 rings (SSSR count). The first-order valence-corrected chi connectivity index (χ1v) is 3.60. The smallest absolute Gasteiger partial charge is 0.125 e. The lowest BCUT2D eigenvalue weighted by molar-refractivity contribution is 0.470. The molecule has 0 bridgehead atoms. The maximum absolute atomic E-state index is 9.46. The van der Waals surface area contributed by atoms with E-state index in [1.165, 1.54) is 6.08 Å². The van der Waals surface area contributed by atoms with Crippen molar-refractivity contribution in [2.75, 3.05) is 0 Å². The Morgan fingerprint density at radius 3 is 2.92 bits per heavy atom. The van der Waals surface area contributed by atoms with E-state index in [-0.39, 0.29) is 5.75 Å². The van der Waals surface area contributed by atoms with E-state index >= 15 is 0 Å². The average molecular weight is 159 g/mol. The van der Waals surface area contributed by atoms with Gasteiger partial charge >= 0.3 is 0 Å². The molecular weight excluding hydrogens is 150 g/mol. The van der Waals surface area contributed by atoms with Gasteiger partial charge in [-0.05, 0) is 18.6 Å². The number of nitrogens with zero attached hydrogens (tertiary/aromatic N) is 1. The number of aryl methyl sites for hydroxylation is 1. The standard InChI is InChI=1S/C10H9NO/c1-8-4-2-5-9(10(8)12)6-3-7-11/h2-6,12H,1H3. The van der Waals surface area contributed by atoms with Crippen LogP contribution in [0.5, 0.6) is 5.75 Å². The van der Waals surface area contributed by atoms with E-state index in [0.717, 1.165) is 5.56 Å². The Bertz CT molecular complexity index is 347. The highest BCUT2D eigenvalue weighted by Gasteiger charge is 1.98. The minimum absolute atomic E-state index is 0.240. The van der Waals surface area contributed by atoms with Crippen molar-refractivity contribution in [2.45, 2.75) is 6.92 Å². The van der Waals surface area contributed by atoms with Crippen LogP contribution >= 0.6 is 0 Å². The van der Waals surface area contributed by atoms with Crippen molar-refractivity contribution in [3.8, 4) is 11.8 Å². The largest absolute Gasteiger partial charge is 0.507 e. The van der Waals surface area contributed by atoms with Gasteiger partial charge in [0.05, 0.1) is 6.07 Å². The number of allylic oxidation sites excluding steroid dienone is 1. The van der Waals surface area contributed by atoms with E-state index in [9.17, 15) is 5.11 Å². The van der Waals surface area contributed by atoms with Crippen LogP contribution in [0.2, 0.25) is 0 Å².